The number of carbonyl (C=O) groups is 1. The fraction of sp³-hybridized carbons (Fsp3) is 0.0625. The van der Waals surface area contributed by atoms with E-state index in [4.69, 9.17) is 4.74 Å². The highest BCUT2D eigenvalue weighted by atomic mass is 16.5. The maximum absolute atomic E-state index is 10.9. The van der Waals surface area contributed by atoms with E-state index in [1.54, 1.807) is 18.2 Å². The van der Waals surface area contributed by atoms with Crippen LogP contribution in [0.4, 0.5) is 0 Å². The summed E-state index contributed by atoms with van der Waals surface area (Å²) in [6, 6.07) is 14.8. The first-order chi connectivity index (χ1) is 9.11. The molecule has 0 aliphatic heterocycles. The lowest BCUT2D eigenvalue weighted by molar-refractivity contribution is -0.131. The first-order valence-corrected chi connectivity index (χ1v) is 5.97. The molecule has 0 aliphatic carbocycles. The van der Waals surface area contributed by atoms with Crippen molar-refractivity contribution in [3.8, 4) is 11.5 Å². The average Bonchev–Trinajstić information content (AvgIpc) is 2.35. The Bertz CT molecular complexity index is 790. The summed E-state index contributed by atoms with van der Waals surface area (Å²) in [6.45, 7) is 1.38. The summed E-state index contributed by atoms with van der Waals surface area (Å²) in [5, 5.41) is 13.5. The second-order valence-electron chi connectivity index (χ2n) is 4.49. The maximum Gasteiger partial charge on any atom is 0.308 e. The lowest BCUT2D eigenvalue weighted by atomic mass is 10.0. The second kappa shape index (κ2) is 4.28. The van der Waals surface area contributed by atoms with Gasteiger partial charge in [0.15, 0.2) is 0 Å². The van der Waals surface area contributed by atoms with Crippen molar-refractivity contribution in [1.29, 1.82) is 0 Å². The number of fused-ring (bicyclic) bond motifs is 2. The number of phenolic OH excluding ortho intramolecular Hbond substituents is 1. The molecule has 3 rings (SSSR count). The number of carbonyl (C=O) groups excluding carboxylic acids is 1. The molecule has 3 aromatic rings. The first-order valence-electron chi connectivity index (χ1n) is 5.97. The Labute approximate surface area is 110 Å². The minimum Gasteiger partial charge on any atom is -0.508 e. The van der Waals surface area contributed by atoms with Gasteiger partial charge >= 0.3 is 5.97 Å². The topological polar surface area (TPSA) is 46.5 Å². The van der Waals surface area contributed by atoms with Gasteiger partial charge in [0.25, 0.3) is 0 Å². The van der Waals surface area contributed by atoms with E-state index in [2.05, 4.69) is 0 Å². The van der Waals surface area contributed by atoms with Crippen molar-refractivity contribution < 1.29 is 14.6 Å². The maximum atomic E-state index is 10.9. The highest BCUT2D eigenvalue weighted by Gasteiger charge is 2.03. The molecule has 0 bridgehead atoms. The predicted octanol–water partition coefficient (Wildman–Crippen LogP) is 3.62. The normalized spacial score (nSPS) is 10.8. The Morgan fingerprint density at radius 2 is 1.53 bits per heavy atom. The van der Waals surface area contributed by atoms with Crippen LogP contribution in [-0.2, 0) is 4.79 Å². The summed E-state index contributed by atoms with van der Waals surface area (Å²) in [6.07, 6.45) is 0. The number of rotatable bonds is 1. The largest absolute Gasteiger partial charge is 0.508 e. The molecular weight excluding hydrogens is 240 g/mol. The highest BCUT2D eigenvalue weighted by Crippen LogP contribution is 2.28. The molecular formula is C16H12O3. The van der Waals surface area contributed by atoms with Crippen LogP contribution in [0.3, 0.4) is 0 Å². The third-order valence-electron chi connectivity index (χ3n) is 3.01. The molecule has 0 spiro atoms. The molecule has 0 saturated carbocycles. The second-order valence-corrected chi connectivity index (χ2v) is 4.49. The number of esters is 1. The van der Waals surface area contributed by atoms with Crippen LogP contribution < -0.4 is 4.74 Å². The molecule has 3 nitrogen and oxygen atoms in total. The first kappa shape index (κ1) is 11.5. The van der Waals surface area contributed by atoms with E-state index < -0.39 is 0 Å². The summed E-state index contributed by atoms with van der Waals surface area (Å²) >= 11 is 0. The van der Waals surface area contributed by atoms with Gasteiger partial charge in [-0.15, -0.1) is 0 Å². The number of phenols is 1. The van der Waals surface area contributed by atoms with E-state index in [0.29, 0.717) is 5.75 Å². The molecule has 0 amide bonds. The van der Waals surface area contributed by atoms with Crippen molar-refractivity contribution in [2.45, 2.75) is 6.92 Å². The van der Waals surface area contributed by atoms with Crippen LogP contribution in [0.1, 0.15) is 6.92 Å². The summed E-state index contributed by atoms with van der Waals surface area (Å²) in [4.78, 5) is 10.9. The van der Waals surface area contributed by atoms with E-state index in [1.807, 2.05) is 30.3 Å². The Kier molecular flexibility index (Phi) is 2.60. The molecule has 0 radical (unpaired) electrons. The smallest absolute Gasteiger partial charge is 0.308 e. The monoisotopic (exact) mass is 252 g/mol. The standard InChI is InChI=1S/C16H12O3/c1-10(17)19-16-5-3-12-6-13-8-15(18)4-2-11(13)7-14(12)9-16/h2-9,18H,1H3. The van der Waals surface area contributed by atoms with Crippen molar-refractivity contribution in [1.82, 2.24) is 0 Å². The van der Waals surface area contributed by atoms with E-state index in [9.17, 15) is 9.90 Å². The van der Waals surface area contributed by atoms with Gasteiger partial charge in [0, 0.05) is 6.92 Å². The van der Waals surface area contributed by atoms with Crippen LogP contribution in [-0.4, -0.2) is 11.1 Å². The predicted molar refractivity (Wildman–Crippen MR) is 74.4 cm³/mol. The molecule has 3 aromatic carbocycles. The van der Waals surface area contributed by atoms with Gasteiger partial charge in [-0.05, 0) is 57.9 Å². The minimum atomic E-state index is -0.329. The van der Waals surface area contributed by atoms with Crippen LogP contribution >= 0.6 is 0 Å². The lowest BCUT2D eigenvalue weighted by Gasteiger charge is -2.06. The van der Waals surface area contributed by atoms with Gasteiger partial charge in [-0.25, -0.2) is 0 Å². The van der Waals surface area contributed by atoms with E-state index in [1.165, 1.54) is 6.92 Å². The number of aromatic hydroxyl groups is 1. The van der Waals surface area contributed by atoms with Gasteiger partial charge in [0.05, 0.1) is 0 Å². The van der Waals surface area contributed by atoms with Crippen molar-refractivity contribution in [2.24, 2.45) is 0 Å². The SMILES string of the molecule is CC(=O)Oc1ccc2cc3cc(O)ccc3cc2c1. The van der Waals surface area contributed by atoms with Gasteiger partial charge < -0.3 is 9.84 Å². The average molecular weight is 252 g/mol. The number of hydrogen-bond acceptors (Lipinski definition) is 3. The van der Waals surface area contributed by atoms with Gasteiger partial charge in [-0.1, -0.05) is 12.1 Å². The van der Waals surface area contributed by atoms with E-state index in [0.717, 1.165) is 21.5 Å². The van der Waals surface area contributed by atoms with Crippen LogP contribution in [0.25, 0.3) is 21.5 Å². The number of ether oxygens (including phenoxy) is 1. The number of hydrogen-bond donors (Lipinski definition) is 1. The van der Waals surface area contributed by atoms with Crippen LogP contribution in [0.15, 0.2) is 48.5 Å². The zero-order valence-electron chi connectivity index (χ0n) is 10.4. The molecule has 0 fully saturated rings. The van der Waals surface area contributed by atoms with Crippen LogP contribution in [0, 0.1) is 0 Å². The molecule has 0 aromatic heterocycles. The van der Waals surface area contributed by atoms with Gasteiger partial charge in [0.2, 0.25) is 0 Å². The van der Waals surface area contributed by atoms with Crippen molar-refractivity contribution >= 4 is 27.5 Å². The summed E-state index contributed by atoms with van der Waals surface area (Å²) in [5.41, 5.74) is 0. The van der Waals surface area contributed by atoms with Crippen LogP contribution in [0.5, 0.6) is 11.5 Å². The Morgan fingerprint density at radius 3 is 2.21 bits per heavy atom. The van der Waals surface area contributed by atoms with Crippen molar-refractivity contribution in [3.05, 3.63) is 48.5 Å². The van der Waals surface area contributed by atoms with E-state index >= 15 is 0 Å². The fourth-order valence-electron chi connectivity index (χ4n) is 2.19. The van der Waals surface area contributed by atoms with Gasteiger partial charge in [0.1, 0.15) is 11.5 Å². The lowest BCUT2D eigenvalue weighted by Crippen LogP contribution is -2.00. The third kappa shape index (κ3) is 2.22. The summed E-state index contributed by atoms with van der Waals surface area (Å²) < 4.78 is 5.07. The quantitative estimate of drug-likeness (QED) is 0.408. The van der Waals surface area contributed by atoms with Gasteiger partial charge in [-0.3, -0.25) is 4.79 Å². The molecule has 0 heterocycles. The zero-order chi connectivity index (χ0) is 13.4. The molecule has 0 unspecified atom stereocenters. The molecule has 1 N–H and O–H groups in total. The van der Waals surface area contributed by atoms with Crippen molar-refractivity contribution in [2.75, 3.05) is 0 Å². The van der Waals surface area contributed by atoms with Crippen LogP contribution in [0.2, 0.25) is 0 Å². The summed E-state index contributed by atoms with van der Waals surface area (Å²) in [5.74, 6) is 0.464. The molecule has 94 valence electrons. The van der Waals surface area contributed by atoms with Gasteiger partial charge in [-0.2, -0.15) is 0 Å². The molecule has 3 heteroatoms. The molecule has 0 aliphatic rings. The third-order valence-corrected chi connectivity index (χ3v) is 3.01. The highest BCUT2D eigenvalue weighted by molar-refractivity contribution is 5.99. The zero-order valence-corrected chi connectivity index (χ0v) is 10.4. The fourth-order valence-corrected chi connectivity index (χ4v) is 2.19. The Balaban J connectivity index is 2.20. The molecule has 0 atom stereocenters. The van der Waals surface area contributed by atoms with E-state index in [-0.39, 0.29) is 11.7 Å². The van der Waals surface area contributed by atoms with Crippen molar-refractivity contribution in [3.63, 3.8) is 0 Å². The minimum absolute atomic E-state index is 0.253. The number of benzene rings is 3. The Morgan fingerprint density at radius 1 is 0.895 bits per heavy atom. The molecule has 19 heavy (non-hydrogen) atoms. The summed E-state index contributed by atoms with van der Waals surface area (Å²) in [7, 11) is 0. The molecule has 0 saturated heterocycles. The Hall–Kier alpha value is -2.55.